The van der Waals surface area contributed by atoms with Crippen molar-refractivity contribution in [3.05, 3.63) is 58.5 Å². The standard InChI is InChI=1S/C13H13NO5S/c1-9(19-20(16,17)18)12-7-11(8-13(15)14-12)10-5-3-2-4-6-10/h2-9H,1H3,(H,14,15)(H,16,17,18). The number of hydrogen-bond acceptors (Lipinski definition) is 4. The first-order valence-corrected chi connectivity index (χ1v) is 7.17. The summed E-state index contributed by atoms with van der Waals surface area (Å²) in [6.45, 7) is 1.41. The highest BCUT2D eigenvalue weighted by atomic mass is 32.3. The van der Waals surface area contributed by atoms with Crippen molar-refractivity contribution in [1.82, 2.24) is 4.98 Å². The minimum atomic E-state index is -4.58. The van der Waals surface area contributed by atoms with Crippen LogP contribution in [0, 0.1) is 0 Å². The molecule has 0 saturated heterocycles. The lowest BCUT2D eigenvalue weighted by Gasteiger charge is -2.11. The second-order valence-corrected chi connectivity index (χ2v) is 5.27. The summed E-state index contributed by atoms with van der Waals surface area (Å²) in [5, 5.41) is 0. The lowest BCUT2D eigenvalue weighted by atomic mass is 10.1. The van der Waals surface area contributed by atoms with E-state index in [9.17, 15) is 13.2 Å². The zero-order chi connectivity index (χ0) is 14.8. The molecule has 6 nitrogen and oxygen atoms in total. The molecule has 0 bridgehead atoms. The molecule has 7 heteroatoms. The van der Waals surface area contributed by atoms with Crippen molar-refractivity contribution in [2.24, 2.45) is 0 Å². The fraction of sp³-hybridized carbons (Fsp3) is 0.154. The summed E-state index contributed by atoms with van der Waals surface area (Å²) < 4.78 is 34.5. The smallest absolute Gasteiger partial charge is 0.324 e. The third kappa shape index (κ3) is 3.77. The van der Waals surface area contributed by atoms with E-state index in [-0.39, 0.29) is 11.3 Å². The largest absolute Gasteiger partial charge is 0.397 e. The van der Waals surface area contributed by atoms with E-state index in [4.69, 9.17) is 4.55 Å². The first-order chi connectivity index (χ1) is 9.35. The Labute approximate surface area is 116 Å². The van der Waals surface area contributed by atoms with Gasteiger partial charge in [-0.1, -0.05) is 30.3 Å². The number of rotatable bonds is 4. The van der Waals surface area contributed by atoms with Gasteiger partial charge >= 0.3 is 10.4 Å². The highest BCUT2D eigenvalue weighted by molar-refractivity contribution is 7.80. The average molecular weight is 295 g/mol. The maximum Gasteiger partial charge on any atom is 0.397 e. The summed E-state index contributed by atoms with van der Waals surface area (Å²) in [4.78, 5) is 14.1. The van der Waals surface area contributed by atoms with Crippen LogP contribution in [-0.4, -0.2) is 18.0 Å². The van der Waals surface area contributed by atoms with Crippen LogP contribution in [0.4, 0.5) is 0 Å². The molecular formula is C13H13NO5S. The minimum absolute atomic E-state index is 0.258. The van der Waals surface area contributed by atoms with Crippen molar-refractivity contribution in [2.45, 2.75) is 13.0 Å². The van der Waals surface area contributed by atoms with Gasteiger partial charge < -0.3 is 4.98 Å². The van der Waals surface area contributed by atoms with Crippen LogP contribution in [0.15, 0.2) is 47.3 Å². The SMILES string of the molecule is CC(OS(=O)(=O)O)c1cc(-c2ccccc2)cc(=O)[nH]1. The number of pyridine rings is 1. The summed E-state index contributed by atoms with van der Waals surface area (Å²) in [6.07, 6.45) is -0.999. The number of benzene rings is 1. The van der Waals surface area contributed by atoms with Gasteiger partial charge in [0, 0.05) is 11.8 Å². The van der Waals surface area contributed by atoms with Gasteiger partial charge in [0.25, 0.3) is 0 Å². The van der Waals surface area contributed by atoms with Crippen LogP contribution in [0.2, 0.25) is 0 Å². The maximum atomic E-state index is 11.6. The van der Waals surface area contributed by atoms with E-state index in [0.29, 0.717) is 5.56 Å². The summed E-state index contributed by atoms with van der Waals surface area (Å²) >= 11 is 0. The van der Waals surface area contributed by atoms with Gasteiger partial charge in [-0.2, -0.15) is 8.42 Å². The van der Waals surface area contributed by atoms with Crippen LogP contribution in [0.25, 0.3) is 11.1 Å². The van der Waals surface area contributed by atoms with Gasteiger partial charge in [-0.3, -0.25) is 9.35 Å². The van der Waals surface area contributed by atoms with Crippen LogP contribution in [0.3, 0.4) is 0 Å². The topological polar surface area (TPSA) is 96.5 Å². The molecule has 2 N–H and O–H groups in total. The predicted octanol–water partition coefficient (Wildman–Crippen LogP) is 1.92. The van der Waals surface area contributed by atoms with Gasteiger partial charge in [-0.25, -0.2) is 4.18 Å². The second-order valence-electron chi connectivity index (χ2n) is 4.22. The molecule has 0 amide bonds. The van der Waals surface area contributed by atoms with Crippen LogP contribution in [-0.2, 0) is 14.6 Å². The first-order valence-electron chi connectivity index (χ1n) is 5.80. The number of H-pyrrole nitrogens is 1. The normalized spacial score (nSPS) is 13.1. The summed E-state index contributed by atoms with van der Waals surface area (Å²) in [7, 11) is -4.58. The van der Waals surface area contributed by atoms with E-state index >= 15 is 0 Å². The van der Waals surface area contributed by atoms with Crippen molar-refractivity contribution in [2.75, 3.05) is 0 Å². The van der Waals surface area contributed by atoms with Crippen LogP contribution in [0.5, 0.6) is 0 Å². The molecule has 1 aromatic carbocycles. The van der Waals surface area contributed by atoms with Gasteiger partial charge in [0.05, 0.1) is 0 Å². The Morgan fingerprint density at radius 2 is 1.80 bits per heavy atom. The van der Waals surface area contributed by atoms with E-state index in [1.165, 1.54) is 13.0 Å². The van der Waals surface area contributed by atoms with Gasteiger partial charge in [0.1, 0.15) is 6.10 Å². The molecule has 1 atom stereocenters. The quantitative estimate of drug-likeness (QED) is 0.840. The molecule has 0 fully saturated rings. The highest BCUT2D eigenvalue weighted by Crippen LogP contribution is 2.22. The van der Waals surface area contributed by atoms with Crippen molar-refractivity contribution in [1.29, 1.82) is 0 Å². The fourth-order valence-corrected chi connectivity index (χ4v) is 2.28. The Morgan fingerprint density at radius 1 is 1.15 bits per heavy atom. The molecule has 106 valence electrons. The van der Waals surface area contributed by atoms with Gasteiger partial charge in [-0.05, 0) is 24.1 Å². The molecule has 0 aliphatic rings. The molecule has 1 heterocycles. The summed E-state index contributed by atoms with van der Waals surface area (Å²) in [5.74, 6) is 0. The van der Waals surface area contributed by atoms with Crippen molar-refractivity contribution < 1.29 is 17.2 Å². The molecule has 2 rings (SSSR count). The number of aromatic amines is 1. The van der Waals surface area contributed by atoms with E-state index in [0.717, 1.165) is 5.56 Å². The summed E-state index contributed by atoms with van der Waals surface area (Å²) in [6, 6.07) is 12.2. The van der Waals surface area contributed by atoms with E-state index in [1.807, 2.05) is 30.3 Å². The van der Waals surface area contributed by atoms with E-state index in [1.54, 1.807) is 6.07 Å². The van der Waals surface area contributed by atoms with Crippen molar-refractivity contribution in [3.63, 3.8) is 0 Å². The van der Waals surface area contributed by atoms with Gasteiger partial charge in [0.2, 0.25) is 5.56 Å². The Hall–Kier alpha value is -1.96. The lowest BCUT2D eigenvalue weighted by molar-refractivity contribution is 0.196. The van der Waals surface area contributed by atoms with Crippen LogP contribution in [0.1, 0.15) is 18.7 Å². The highest BCUT2D eigenvalue weighted by Gasteiger charge is 2.16. The molecule has 1 unspecified atom stereocenters. The van der Waals surface area contributed by atoms with Crippen molar-refractivity contribution in [3.8, 4) is 11.1 Å². The Balaban J connectivity index is 2.42. The lowest BCUT2D eigenvalue weighted by Crippen LogP contribution is -2.14. The fourth-order valence-electron chi connectivity index (χ4n) is 1.82. The number of hydrogen-bond donors (Lipinski definition) is 2. The Kier molecular flexibility index (Phi) is 4.03. The molecule has 0 radical (unpaired) electrons. The Morgan fingerprint density at radius 3 is 2.40 bits per heavy atom. The van der Waals surface area contributed by atoms with E-state index in [2.05, 4.69) is 9.17 Å². The minimum Gasteiger partial charge on any atom is -0.324 e. The van der Waals surface area contributed by atoms with Gasteiger partial charge in [-0.15, -0.1) is 0 Å². The number of aromatic nitrogens is 1. The average Bonchev–Trinajstić information content (AvgIpc) is 2.37. The molecule has 1 aromatic heterocycles. The van der Waals surface area contributed by atoms with Crippen molar-refractivity contribution >= 4 is 10.4 Å². The number of nitrogens with one attached hydrogen (secondary N) is 1. The molecular weight excluding hydrogens is 282 g/mol. The van der Waals surface area contributed by atoms with Gasteiger partial charge in [0.15, 0.2) is 0 Å². The molecule has 0 spiro atoms. The third-order valence-corrected chi connectivity index (χ3v) is 3.21. The zero-order valence-electron chi connectivity index (χ0n) is 10.6. The molecule has 0 aliphatic heterocycles. The van der Waals surface area contributed by atoms with E-state index < -0.39 is 16.5 Å². The first kappa shape index (κ1) is 14.4. The third-order valence-electron chi connectivity index (χ3n) is 2.68. The van der Waals surface area contributed by atoms with Crippen LogP contribution >= 0.6 is 0 Å². The molecule has 20 heavy (non-hydrogen) atoms. The maximum absolute atomic E-state index is 11.6. The molecule has 0 aliphatic carbocycles. The molecule has 2 aromatic rings. The zero-order valence-corrected chi connectivity index (χ0v) is 11.4. The summed E-state index contributed by atoms with van der Waals surface area (Å²) in [5.41, 5.74) is 1.33. The second kappa shape index (κ2) is 5.58. The predicted molar refractivity (Wildman–Crippen MR) is 73.5 cm³/mol. The molecule has 0 saturated carbocycles. The monoisotopic (exact) mass is 295 g/mol. The Bertz CT molecular complexity index is 752. The van der Waals surface area contributed by atoms with Crippen LogP contribution < -0.4 is 5.56 Å².